The average molecular weight is 460 g/mol. The predicted octanol–water partition coefficient (Wildman–Crippen LogP) is 6.12. The predicted molar refractivity (Wildman–Crippen MR) is 135 cm³/mol. The zero-order valence-corrected chi connectivity index (χ0v) is 19.2. The van der Waals surface area contributed by atoms with Gasteiger partial charge in [-0.3, -0.25) is 19.4 Å². The normalized spacial score (nSPS) is 15.1. The molecule has 1 aliphatic heterocycles. The van der Waals surface area contributed by atoms with Crippen molar-refractivity contribution >= 4 is 45.9 Å². The van der Waals surface area contributed by atoms with Crippen molar-refractivity contribution in [3.63, 3.8) is 0 Å². The van der Waals surface area contributed by atoms with Gasteiger partial charge in [0.2, 0.25) is 5.88 Å². The second kappa shape index (κ2) is 8.81. The van der Waals surface area contributed by atoms with E-state index in [2.05, 4.69) is 18.2 Å². The smallest absolute Gasteiger partial charge is 0.271 e. The summed E-state index contributed by atoms with van der Waals surface area (Å²) in [4.78, 5) is 28.0. The largest absolute Gasteiger partial charge is 0.440 e. The Labute approximate surface area is 202 Å². The number of carbonyl (C=O) groups excluding carboxylic acids is 2. The van der Waals surface area contributed by atoms with Crippen molar-refractivity contribution in [2.75, 3.05) is 11.9 Å². The van der Waals surface area contributed by atoms with E-state index >= 15 is 0 Å². The Kier molecular flexibility index (Phi) is 5.52. The number of anilines is 3. The second-order valence-electron chi connectivity index (χ2n) is 8.18. The fourth-order valence-corrected chi connectivity index (χ4v) is 4.25. The van der Waals surface area contributed by atoms with Crippen LogP contribution in [0.2, 0.25) is 0 Å². The number of hydrogen-bond acceptors (Lipinski definition) is 5. The van der Waals surface area contributed by atoms with Gasteiger partial charge in [-0.05, 0) is 48.2 Å². The van der Waals surface area contributed by atoms with Gasteiger partial charge in [-0.15, -0.1) is 0 Å². The van der Waals surface area contributed by atoms with Crippen LogP contribution in [0.4, 0.5) is 17.3 Å². The molecule has 6 heteroatoms. The van der Waals surface area contributed by atoms with E-state index in [9.17, 15) is 14.9 Å². The molecule has 6 nitrogen and oxygen atoms in total. The summed E-state index contributed by atoms with van der Waals surface area (Å²) in [7, 11) is 1.37. The number of nitriles is 1. The molecule has 1 aromatic heterocycles. The molecule has 2 amide bonds. The minimum Gasteiger partial charge on any atom is -0.440 e. The van der Waals surface area contributed by atoms with Crippen LogP contribution in [0.5, 0.6) is 0 Å². The number of carbonyl (C=O) groups is 2. The van der Waals surface area contributed by atoms with Gasteiger partial charge in [0.15, 0.2) is 0 Å². The SMILES string of the molecule is CC1=C(C#N)C(=O)N(C)C(=O)/C1=C\c1ccc(N(c2ccccc2)c2cccc3ccccc23)o1. The first-order valence-electron chi connectivity index (χ1n) is 11.1. The topological polar surface area (TPSA) is 77.5 Å². The fourth-order valence-electron chi connectivity index (χ4n) is 4.25. The van der Waals surface area contributed by atoms with E-state index in [-0.39, 0.29) is 11.1 Å². The number of likely N-dealkylation sites (N-methyl/N-ethyl adjacent to an activating group) is 1. The summed E-state index contributed by atoms with van der Waals surface area (Å²) in [6.45, 7) is 1.60. The highest BCUT2D eigenvalue weighted by molar-refractivity contribution is 6.19. The molecular weight excluding hydrogens is 438 g/mol. The molecule has 3 aromatic carbocycles. The molecule has 1 aliphatic rings. The van der Waals surface area contributed by atoms with Gasteiger partial charge in [-0.1, -0.05) is 54.6 Å². The van der Waals surface area contributed by atoms with Gasteiger partial charge in [0.05, 0.1) is 5.69 Å². The fraction of sp³-hybridized carbons (Fsp3) is 0.0690. The summed E-state index contributed by atoms with van der Waals surface area (Å²) in [6, 6.07) is 29.6. The van der Waals surface area contributed by atoms with E-state index in [0.717, 1.165) is 27.0 Å². The highest BCUT2D eigenvalue weighted by atomic mass is 16.4. The van der Waals surface area contributed by atoms with Crippen LogP contribution in [0.25, 0.3) is 16.8 Å². The zero-order chi connectivity index (χ0) is 24.5. The summed E-state index contributed by atoms with van der Waals surface area (Å²) in [5.74, 6) is -0.0740. The van der Waals surface area contributed by atoms with Crippen LogP contribution in [0, 0.1) is 11.3 Å². The first kappa shape index (κ1) is 21.9. The molecule has 170 valence electrons. The van der Waals surface area contributed by atoms with Gasteiger partial charge in [0, 0.05) is 29.8 Å². The summed E-state index contributed by atoms with van der Waals surface area (Å²) in [5, 5.41) is 11.6. The quantitative estimate of drug-likeness (QED) is 0.271. The van der Waals surface area contributed by atoms with Crippen LogP contribution < -0.4 is 4.90 Å². The summed E-state index contributed by atoms with van der Waals surface area (Å²) in [5.41, 5.74) is 2.41. The third-order valence-corrected chi connectivity index (χ3v) is 6.09. The molecule has 0 unspecified atom stereocenters. The molecule has 4 aromatic rings. The van der Waals surface area contributed by atoms with Crippen molar-refractivity contribution < 1.29 is 14.0 Å². The first-order valence-corrected chi connectivity index (χ1v) is 11.1. The standard InChI is InChI=1S/C29H21N3O3/c1-19-24(28(33)31(2)29(34)25(19)18-30)17-22-15-16-27(35-22)32(21-11-4-3-5-12-21)26-14-8-10-20-9-6-7-13-23(20)26/h3-17H,1-2H3/b24-17-. The third-order valence-electron chi connectivity index (χ3n) is 6.09. The van der Waals surface area contributed by atoms with Crippen LogP contribution in [0.3, 0.4) is 0 Å². The number of amides is 2. The van der Waals surface area contributed by atoms with Crippen LogP contribution in [-0.2, 0) is 9.59 Å². The molecule has 2 heterocycles. The Bertz CT molecular complexity index is 1570. The molecule has 5 rings (SSSR count). The summed E-state index contributed by atoms with van der Waals surface area (Å²) >= 11 is 0. The molecule has 0 saturated carbocycles. The lowest BCUT2D eigenvalue weighted by molar-refractivity contribution is -0.138. The number of fused-ring (bicyclic) bond motifs is 1. The average Bonchev–Trinajstić information content (AvgIpc) is 3.35. The minimum atomic E-state index is -0.599. The monoisotopic (exact) mass is 459 g/mol. The number of nitrogens with zero attached hydrogens (tertiary/aromatic N) is 3. The lowest BCUT2D eigenvalue weighted by Gasteiger charge is -2.24. The van der Waals surface area contributed by atoms with E-state index < -0.39 is 11.8 Å². The highest BCUT2D eigenvalue weighted by Crippen LogP contribution is 2.40. The Morgan fingerprint density at radius 2 is 1.60 bits per heavy atom. The minimum absolute atomic E-state index is 0.0493. The molecule has 0 radical (unpaired) electrons. The molecule has 0 saturated heterocycles. The van der Waals surface area contributed by atoms with Gasteiger partial charge in [0.1, 0.15) is 17.4 Å². The molecule has 0 aliphatic carbocycles. The van der Waals surface area contributed by atoms with Gasteiger partial charge in [-0.25, -0.2) is 0 Å². The van der Waals surface area contributed by atoms with E-state index in [4.69, 9.17) is 4.42 Å². The van der Waals surface area contributed by atoms with Crippen LogP contribution in [0.1, 0.15) is 12.7 Å². The second-order valence-corrected chi connectivity index (χ2v) is 8.18. The zero-order valence-electron chi connectivity index (χ0n) is 19.2. The summed E-state index contributed by atoms with van der Waals surface area (Å²) < 4.78 is 6.22. The lowest BCUT2D eigenvalue weighted by Crippen LogP contribution is -2.39. The Morgan fingerprint density at radius 1 is 0.886 bits per heavy atom. The Balaban J connectivity index is 1.64. The molecule has 0 N–H and O–H groups in total. The van der Waals surface area contributed by atoms with Crippen LogP contribution in [0.15, 0.2) is 106 Å². The first-order chi connectivity index (χ1) is 17.0. The molecule has 0 fully saturated rings. The van der Waals surface area contributed by atoms with Crippen LogP contribution in [-0.4, -0.2) is 23.8 Å². The van der Waals surface area contributed by atoms with Gasteiger partial charge >= 0.3 is 0 Å². The van der Waals surface area contributed by atoms with Crippen molar-refractivity contribution in [1.29, 1.82) is 5.26 Å². The van der Waals surface area contributed by atoms with E-state index in [1.165, 1.54) is 7.05 Å². The lowest BCUT2D eigenvalue weighted by atomic mass is 9.95. The molecule has 35 heavy (non-hydrogen) atoms. The number of hydrogen-bond donors (Lipinski definition) is 0. The highest BCUT2D eigenvalue weighted by Gasteiger charge is 2.33. The van der Waals surface area contributed by atoms with Gasteiger partial charge in [0.25, 0.3) is 11.8 Å². The molecule has 0 bridgehead atoms. The summed E-state index contributed by atoms with van der Waals surface area (Å²) in [6.07, 6.45) is 1.58. The molecule has 0 atom stereocenters. The molecular formula is C29H21N3O3. The van der Waals surface area contributed by atoms with Crippen molar-refractivity contribution in [3.05, 3.63) is 107 Å². The number of benzene rings is 3. The van der Waals surface area contributed by atoms with E-state index in [0.29, 0.717) is 17.2 Å². The van der Waals surface area contributed by atoms with E-state index in [1.807, 2.05) is 71.6 Å². The Morgan fingerprint density at radius 3 is 2.37 bits per heavy atom. The van der Waals surface area contributed by atoms with Crippen molar-refractivity contribution in [3.8, 4) is 6.07 Å². The van der Waals surface area contributed by atoms with Crippen molar-refractivity contribution in [1.82, 2.24) is 4.90 Å². The Hall–Kier alpha value is -4.89. The third kappa shape index (κ3) is 3.79. The number of furan rings is 1. The van der Waals surface area contributed by atoms with Crippen molar-refractivity contribution in [2.24, 2.45) is 0 Å². The van der Waals surface area contributed by atoms with Crippen molar-refractivity contribution in [2.45, 2.75) is 6.92 Å². The van der Waals surface area contributed by atoms with Gasteiger partial charge < -0.3 is 4.42 Å². The van der Waals surface area contributed by atoms with Gasteiger partial charge in [-0.2, -0.15) is 5.26 Å². The maximum atomic E-state index is 12.8. The number of para-hydroxylation sites is 1. The van der Waals surface area contributed by atoms with E-state index in [1.54, 1.807) is 19.1 Å². The van der Waals surface area contributed by atoms with Crippen LogP contribution >= 0.6 is 0 Å². The molecule has 0 spiro atoms. The number of imide groups is 1. The number of rotatable bonds is 4. The maximum Gasteiger partial charge on any atom is 0.271 e. The maximum absolute atomic E-state index is 12.8.